The number of carbonyl (C=O) groups is 4. The predicted molar refractivity (Wildman–Crippen MR) is 135 cm³/mol. The van der Waals surface area contributed by atoms with Crippen LogP contribution in [0, 0.1) is 12.8 Å². The normalized spacial score (nSPS) is 13.7. The van der Waals surface area contributed by atoms with E-state index < -0.39 is 29.7 Å². The lowest BCUT2D eigenvalue weighted by Gasteiger charge is -2.26. The third-order valence-corrected chi connectivity index (χ3v) is 6.93. The summed E-state index contributed by atoms with van der Waals surface area (Å²) in [4.78, 5) is 54.5. The molecule has 1 aliphatic heterocycles. The Morgan fingerprint density at radius 2 is 1.54 bits per heavy atom. The van der Waals surface area contributed by atoms with Gasteiger partial charge in [0.2, 0.25) is 5.91 Å². The molecule has 0 radical (unpaired) electrons. The smallest absolute Gasteiger partial charge is 0.341 e. The molecule has 180 valence electrons. The lowest BCUT2D eigenvalue weighted by atomic mass is 10.0. The van der Waals surface area contributed by atoms with Crippen molar-refractivity contribution < 1.29 is 23.9 Å². The highest BCUT2D eigenvalue weighted by Gasteiger charge is 2.43. The van der Waals surface area contributed by atoms with Crippen molar-refractivity contribution in [1.82, 2.24) is 4.90 Å². The number of rotatable bonds is 7. The van der Waals surface area contributed by atoms with E-state index in [1.165, 1.54) is 18.4 Å². The molecule has 2 heterocycles. The van der Waals surface area contributed by atoms with Gasteiger partial charge in [0.15, 0.2) is 0 Å². The third kappa shape index (κ3) is 4.49. The van der Waals surface area contributed by atoms with Crippen LogP contribution >= 0.6 is 11.3 Å². The van der Waals surface area contributed by atoms with Crippen molar-refractivity contribution in [2.24, 2.45) is 5.92 Å². The van der Waals surface area contributed by atoms with Crippen LogP contribution in [0.2, 0.25) is 0 Å². The second kappa shape index (κ2) is 9.84. The van der Waals surface area contributed by atoms with E-state index in [-0.39, 0.29) is 29.0 Å². The molecule has 0 saturated heterocycles. The number of ether oxygens (including phenoxy) is 1. The molecular formula is C27H26N2O5S. The van der Waals surface area contributed by atoms with E-state index in [1.54, 1.807) is 24.3 Å². The van der Waals surface area contributed by atoms with Gasteiger partial charge in [-0.2, -0.15) is 0 Å². The zero-order chi connectivity index (χ0) is 25.3. The monoisotopic (exact) mass is 490 g/mol. The van der Waals surface area contributed by atoms with Crippen molar-refractivity contribution in [1.29, 1.82) is 0 Å². The fraction of sp³-hybridized carbons (Fsp3) is 0.259. The van der Waals surface area contributed by atoms with Crippen molar-refractivity contribution in [2.45, 2.75) is 33.2 Å². The minimum atomic E-state index is -1.03. The summed E-state index contributed by atoms with van der Waals surface area (Å²) in [6, 6.07) is 14.9. The minimum Gasteiger partial charge on any atom is -0.465 e. The van der Waals surface area contributed by atoms with E-state index in [0.717, 1.165) is 15.3 Å². The van der Waals surface area contributed by atoms with Crippen LogP contribution in [0.3, 0.4) is 0 Å². The van der Waals surface area contributed by atoms with E-state index >= 15 is 0 Å². The number of carbonyl (C=O) groups excluding carboxylic acids is 4. The van der Waals surface area contributed by atoms with Gasteiger partial charge in [-0.1, -0.05) is 56.3 Å². The van der Waals surface area contributed by atoms with Gasteiger partial charge in [0.1, 0.15) is 16.6 Å². The van der Waals surface area contributed by atoms with Gasteiger partial charge in [-0.3, -0.25) is 19.3 Å². The molecule has 8 heteroatoms. The quantitative estimate of drug-likeness (QED) is 0.365. The molecule has 1 aliphatic rings. The summed E-state index contributed by atoms with van der Waals surface area (Å²) in [6.45, 7) is 5.70. The number of aryl methyl sites for hydroxylation is 1. The van der Waals surface area contributed by atoms with Crippen LogP contribution in [-0.4, -0.2) is 41.7 Å². The number of amides is 3. The molecule has 1 N–H and O–H groups in total. The lowest BCUT2D eigenvalue weighted by molar-refractivity contribution is -0.120. The maximum Gasteiger partial charge on any atom is 0.341 e. The van der Waals surface area contributed by atoms with Crippen molar-refractivity contribution in [3.8, 4) is 11.1 Å². The highest BCUT2D eigenvalue weighted by atomic mass is 32.1. The first-order valence-electron chi connectivity index (χ1n) is 11.3. The number of hydrogen-bond donors (Lipinski definition) is 1. The number of fused-ring (bicyclic) bond motifs is 1. The van der Waals surface area contributed by atoms with Crippen LogP contribution in [0.1, 0.15) is 56.2 Å². The molecule has 7 nitrogen and oxygen atoms in total. The summed E-state index contributed by atoms with van der Waals surface area (Å²) < 4.78 is 5.03. The van der Waals surface area contributed by atoms with Crippen LogP contribution in [0.25, 0.3) is 11.1 Å². The number of imide groups is 1. The fourth-order valence-corrected chi connectivity index (χ4v) is 5.41. The van der Waals surface area contributed by atoms with E-state index in [4.69, 9.17) is 4.74 Å². The minimum absolute atomic E-state index is 0.0279. The summed E-state index contributed by atoms with van der Waals surface area (Å²) in [5.41, 5.74) is 2.32. The van der Waals surface area contributed by atoms with E-state index in [2.05, 4.69) is 5.32 Å². The topological polar surface area (TPSA) is 92.8 Å². The molecule has 35 heavy (non-hydrogen) atoms. The van der Waals surface area contributed by atoms with Crippen LogP contribution < -0.4 is 5.32 Å². The Morgan fingerprint density at radius 3 is 2.09 bits per heavy atom. The molecule has 2 aromatic carbocycles. The average Bonchev–Trinajstić information content (AvgIpc) is 3.30. The summed E-state index contributed by atoms with van der Waals surface area (Å²) in [6.07, 6.45) is 0.279. The summed E-state index contributed by atoms with van der Waals surface area (Å²) >= 11 is 1.25. The van der Waals surface area contributed by atoms with Gasteiger partial charge in [0.25, 0.3) is 11.8 Å². The molecule has 1 aromatic heterocycles. The number of anilines is 1. The number of nitrogens with zero attached hydrogens (tertiary/aromatic N) is 1. The molecule has 0 saturated carbocycles. The Balaban J connectivity index is 1.73. The first kappa shape index (κ1) is 24.3. The number of hydrogen-bond acceptors (Lipinski definition) is 6. The second-order valence-corrected chi connectivity index (χ2v) is 9.98. The van der Waals surface area contributed by atoms with E-state index in [9.17, 15) is 19.2 Å². The van der Waals surface area contributed by atoms with Crippen LogP contribution in [0.4, 0.5) is 5.00 Å². The van der Waals surface area contributed by atoms with Crippen LogP contribution in [-0.2, 0) is 9.53 Å². The molecule has 1 atom stereocenters. The summed E-state index contributed by atoms with van der Waals surface area (Å²) in [5.74, 6) is -2.07. The lowest BCUT2D eigenvalue weighted by Crippen LogP contribution is -2.48. The fourth-order valence-electron chi connectivity index (χ4n) is 4.34. The number of esters is 1. The van der Waals surface area contributed by atoms with Crippen LogP contribution in [0.5, 0.6) is 0 Å². The van der Waals surface area contributed by atoms with Gasteiger partial charge >= 0.3 is 5.97 Å². The second-order valence-electron chi connectivity index (χ2n) is 8.76. The number of thiophene rings is 1. The van der Waals surface area contributed by atoms with Crippen molar-refractivity contribution in [3.63, 3.8) is 0 Å². The van der Waals surface area contributed by atoms with Crippen LogP contribution in [0.15, 0.2) is 54.6 Å². The molecule has 3 amide bonds. The standard InChI is InChI=1S/C27H26N2O5S/c1-15(2)14-20(29-25(31)18-12-8-9-13-19(18)26(29)32)23(30)28-24-22(27(33)34-4)21(16(3)35-24)17-10-6-5-7-11-17/h5-13,15,20H,14H2,1-4H3,(H,28,30)/t20-/m0/s1. The predicted octanol–water partition coefficient (Wildman–Crippen LogP) is 5.16. The first-order valence-corrected chi connectivity index (χ1v) is 12.1. The molecule has 4 rings (SSSR count). The maximum atomic E-state index is 13.6. The Kier molecular flexibility index (Phi) is 6.84. The van der Waals surface area contributed by atoms with Gasteiger partial charge in [-0.05, 0) is 37.0 Å². The Labute approximate surface area is 207 Å². The third-order valence-electron chi connectivity index (χ3n) is 5.91. The molecular weight excluding hydrogens is 464 g/mol. The SMILES string of the molecule is COC(=O)c1c(NC(=O)[C@H](CC(C)C)N2C(=O)c3ccccc3C2=O)sc(C)c1-c1ccccc1. The van der Waals surface area contributed by atoms with Crippen molar-refractivity contribution >= 4 is 40.0 Å². The molecule has 3 aromatic rings. The molecule has 0 bridgehead atoms. The summed E-state index contributed by atoms with van der Waals surface area (Å²) in [5, 5.41) is 3.16. The van der Waals surface area contributed by atoms with Gasteiger partial charge in [-0.25, -0.2) is 4.79 Å². The number of nitrogens with one attached hydrogen (secondary N) is 1. The zero-order valence-corrected chi connectivity index (χ0v) is 20.8. The highest BCUT2D eigenvalue weighted by Crippen LogP contribution is 2.40. The molecule has 0 aliphatic carbocycles. The Bertz CT molecular complexity index is 1280. The first-order chi connectivity index (χ1) is 16.7. The molecule has 0 unspecified atom stereocenters. The Hall–Kier alpha value is -3.78. The van der Waals surface area contributed by atoms with E-state index in [1.807, 2.05) is 51.1 Å². The maximum absolute atomic E-state index is 13.6. The summed E-state index contributed by atoms with van der Waals surface area (Å²) in [7, 11) is 1.29. The number of methoxy groups -OCH3 is 1. The zero-order valence-electron chi connectivity index (χ0n) is 20.0. The molecule has 0 spiro atoms. The average molecular weight is 491 g/mol. The van der Waals surface area contributed by atoms with Crippen molar-refractivity contribution in [3.05, 3.63) is 76.2 Å². The number of benzene rings is 2. The van der Waals surface area contributed by atoms with Crippen molar-refractivity contribution in [2.75, 3.05) is 12.4 Å². The van der Waals surface area contributed by atoms with E-state index in [0.29, 0.717) is 10.6 Å². The van der Waals surface area contributed by atoms with Gasteiger partial charge in [-0.15, -0.1) is 11.3 Å². The molecule has 0 fully saturated rings. The Morgan fingerprint density at radius 1 is 0.971 bits per heavy atom. The van der Waals surface area contributed by atoms with Gasteiger partial charge < -0.3 is 10.1 Å². The highest BCUT2D eigenvalue weighted by molar-refractivity contribution is 7.17. The largest absolute Gasteiger partial charge is 0.465 e. The van der Waals surface area contributed by atoms with Gasteiger partial charge in [0, 0.05) is 10.4 Å². The van der Waals surface area contributed by atoms with Gasteiger partial charge in [0.05, 0.1) is 18.2 Å².